The lowest BCUT2D eigenvalue weighted by Gasteiger charge is -2.19. The first-order valence-electron chi connectivity index (χ1n) is 10.2. The van der Waals surface area contributed by atoms with Crippen LogP contribution < -0.4 is 20.7 Å². The summed E-state index contributed by atoms with van der Waals surface area (Å²) < 4.78 is 5.16. The fourth-order valence-corrected chi connectivity index (χ4v) is 3.48. The van der Waals surface area contributed by atoms with Gasteiger partial charge in [0.2, 0.25) is 5.91 Å². The Bertz CT molecular complexity index is 1200. The quantitative estimate of drug-likeness (QED) is 0.348. The summed E-state index contributed by atoms with van der Waals surface area (Å²) in [5.41, 5.74) is 3.18. The Labute approximate surface area is 185 Å². The van der Waals surface area contributed by atoms with Crippen molar-refractivity contribution < 1.29 is 14.3 Å². The number of anilines is 2. The van der Waals surface area contributed by atoms with Crippen molar-refractivity contribution in [2.75, 3.05) is 17.7 Å². The molecule has 0 spiro atoms. The van der Waals surface area contributed by atoms with E-state index in [0.717, 1.165) is 16.5 Å². The Kier molecular flexibility index (Phi) is 6.36. The molecule has 0 bridgehead atoms. The van der Waals surface area contributed by atoms with E-state index in [4.69, 9.17) is 4.74 Å². The number of benzene rings is 3. The molecule has 7 nitrogen and oxygen atoms in total. The highest BCUT2D eigenvalue weighted by Gasteiger charge is 2.23. The van der Waals surface area contributed by atoms with Crippen LogP contribution in [0.15, 0.2) is 85.1 Å². The highest BCUT2D eigenvalue weighted by Crippen LogP contribution is 2.20. The second-order valence-corrected chi connectivity index (χ2v) is 7.30. The number of urea groups is 1. The van der Waals surface area contributed by atoms with Gasteiger partial charge in [-0.3, -0.25) is 4.79 Å². The minimum atomic E-state index is -0.792. The van der Waals surface area contributed by atoms with Crippen LogP contribution in [0.2, 0.25) is 0 Å². The summed E-state index contributed by atoms with van der Waals surface area (Å²) >= 11 is 0. The highest BCUT2D eigenvalue weighted by atomic mass is 16.5. The Balaban J connectivity index is 1.53. The first-order valence-corrected chi connectivity index (χ1v) is 10.2. The largest absolute Gasteiger partial charge is 0.497 e. The number of carbonyl (C=O) groups excluding carboxylic acids is 2. The van der Waals surface area contributed by atoms with E-state index in [2.05, 4.69) is 20.9 Å². The number of aromatic nitrogens is 1. The molecular formula is C25H24N4O3. The molecule has 0 aliphatic heterocycles. The van der Waals surface area contributed by atoms with Gasteiger partial charge in [-0.25, -0.2) is 4.79 Å². The van der Waals surface area contributed by atoms with Gasteiger partial charge >= 0.3 is 6.03 Å². The monoisotopic (exact) mass is 428 g/mol. The average molecular weight is 428 g/mol. The average Bonchev–Trinajstić information content (AvgIpc) is 3.22. The maximum Gasteiger partial charge on any atom is 0.319 e. The predicted octanol–water partition coefficient (Wildman–Crippen LogP) is 4.55. The van der Waals surface area contributed by atoms with Gasteiger partial charge in [-0.2, -0.15) is 0 Å². The predicted molar refractivity (Wildman–Crippen MR) is 126 cm³/mol. The number of para-hydroxylation sites is 2. The summed E-state index contributed by atoms with van der Waals surface area (Å²) in [5.74, 6) is 0.377. The van der Waals surface area contributed by atoms with Gasteiger partial charge in [0.15, 0.2) is 0 Å². The normalized spacial score (nSPS) is 11.5. The van der Waals surface area contributed by atoms with E-state index in [-0.39, 0.29) is 5.91 Å². The van der Waals surface area contributed by atoms with Crippen molar-refractivity contribution in [3.05, 3.63) is 90.6 Å². The molecular weight excluding hydrogens is 404 g/mol. The van der Waals surface area contributed by atoms with Gasteiger partial charge in [0.05, 0.1) is 7.11 Å². The number of ether oxygens (including phenoxy) is 1. The zero-order valence-electron chi connectivity index (χ0n) is 17.6. The molecule has 0 fully saturated rings. The van der Waals surface area contributed by atoms with Gasteiger partial charge in [0.1, 0.15) is 11.8 Å². The number of carbonyl (C=O) groups is 2. The standard InChI is InChI=1S/C25H24N4O3/c1-32-20-13-11-19(12-14-20)27-24(30)23(29-25(31)28-18-7-3-2-4-8-18)15-17-16-26-22-10-6-5-9-21(17)22/h2-14,16,23,26H,15H2,1H3,(H,27,30)(H2,28,29,31)/t23-/m0/s1. The van der Waals surface area contributed by atoms with E-state index in [1.165, 1.54) is 0 Å². The van der Waals surface area contributed by atoms with Crippen molar-refractivity contribution >= 4 is 34.2 Å². The fourth-order valence-electron chi connectivity index (χ4n) is 3.48. The molecule has 0 aliphatic carbocycles. The molecule has 1 atom stereocenters. The van der Waals surface area contributed by atoms with Crippen LogP contribution in [-0.4, -0.2) is 30.1 Å². The first kappa shape index (κ1) is 21.0. The van der Waals surface area contributed by atoms with Crippen LogP contribution in [0.4, 0.5) is 16.2 Å². The molecule has 4 rings (SSSR count). The number of rotatable bonds is 7. The number of aromatic amines is 1. The van der Waals surface area contributed by atoms with Crippen molar-refractivity contribution in [2.24, 2.45) is 0 Å². The fraction of sp³-hybridized carbons (Fsp3) is 0.120. The molecule has 4 N–H and O–H groups in total. The summed E-state index contributed by atoms with van der Waals surface area (Å²) in [6.45, 7) is 0. The Hall–Kier alpha value is -4.26. The lowest BCUT2D eigenvalue weighted by molar-refractivity contribution is -0.117. The van der Waals surface area contributed by atoms with Crippen LogP contribution in [0.25, 0.3) is 10.9 Å². The third kappa shape index (κ3) is 5.07. The SMILES string of the molecule is COc1ccc(NC(=O)[C@H](Cc2c[nH]c3ccccc23)NC(=O)Nc2ccccc2)cc1. The van der Waals surface area contributed by atoms with Crippen molar-refractivity contribution in [3.8, 4) is 5.75 Å². The summed E-state index contributed by atoms with van der Waals surface area (Å²) in [6.07, 6.45) is 2.20. The summed E-state index contributed by atoms with van der Waals surface area (Å²) in [7, 11) is 1.58. The molecule has 7 heteroatoms. The lowest BCUT2D eigenvalue weighted by Crippen LogP contribution is -2.46. The van der Waals surface area contributed by atoms with Crippen molar-refractivity contribution in [1.82, 2.24) is 10.3 Å². The van der Waals surface area contributed by atoms with E-state index in [9.17, 15) is 9.59 Å². The van der Waals surface area contributed by atoms with Gasteiger partial charge in [-0.1, -0.05) is 36.4 Å². The van der Waals surface area contributed by atoms with Crippen LogP contribution in [-0.2, 0) is 11.2 Å². The minimum Gasteiger partial charge on any atom is -0.497 e. The number of amides is 3. The Morgan fingerprint density at radius 1 is 0.875 bits per heavy atom. The number of H-pyrrole nitrogens is 1. The number of hydrogen-bond donors (Lipinski definition) is 4. The van der Waals surface area contributed by atoms with Gasteiger partial charge in [0, 0.05) is 34.9 Å². The van der Waals surface area contributed by atoms with Crippen molar-refractivity contribution in [2.45, 2.75) is 12.5 Å². The van der Waals surface area contributed by atoms with E-state index in [0.29, 0.717) is 23.5 Å². The molecule has 3 amide bonds. The molecule has 0 saturated heterocycles. The topological polar surface area (TPSA) is 95.2 Å². The third-order valence-corrected chi connectivity index (χ3v) is 5.11. The summed E-state index contributed by atoms with van der Waals surface area (Å²) in [5, 5.41) is 9.47. The first-order chi connectivity index (χ1) is 15.6. The second-order valence-electron chi connectivity index (χ2n) is 7.30. The number of nitrogens with one attached hydrogen (secondary N) is 4. The molecule has 0 radical (unpaired) electrons. The highest BCUT2D eigenvalue weighted by molar-refractivity contribution is 5.99. The van der Waals surface area contributed by atoms with Gasteiger partial charge in [-0.15, -0.1) is 0 Å². The molecule has 32 heavy (non-hydrogen) atoms. The lowest BCUT2D eigenvalue weighted by atomic mass is 10.0. The number of fused-ring (bicyclic) bond motifs is 1. The zero-order valence-corrected chi connectivity index (χ0v) is 17.6. The third-order valence-electron chi connectivity index (χ3n) is 5.11. The van der Waals surface area contributed by atoms with Crippen molar-refractivity contribution in [3.63, 3.8) is 0 Å². The maximum atomic E-state index is 13.1. The second kappa shape index (κ2) is 9.70. The number of hydrogen-bond acceptors (Lipinski definition) is 3. The van der Waals surface area contributed by atoms with Crippen molar-refractivity contribution in [1.29, 1.82) is 0 Å². The number of methoxy groups -OCH3 is 1. The minimum absolute atomic E-state index is 0.316. The van der Waals surface area contributed by atoms with Crippen LogP contribution in [0.3, 0.4) is 0 Å². The zero-order chi connectivity index (χ0) is 22.3. The van der Waals surface area contributed by atoms with Gasteiger partial charge in [-0.05, 0) is 48.0 Å². The summed E-state index contributed by atoms with van der Waals surface area (Å²) in [6, 6.07) is 22.7. The summed E-state index contributed by atoms with van der Waals surface area (Å²) in [4.78, 5) is 29.0. The van der Waals surface area contributed by atoms with E-state index < -0.39 is 12.1 Å². The van der Waals surface area contributed by atoms with Crippen LogP contribution in [0.5, 0.6) is 5.75 Å². The van der Waals surface area contributed by atoms with Crippen LogP contribution in [0.1, 0.15) is 5.56 Å². The molecule has 4 aromatic rings. The van der Waals surface area contributed by atoms with Gasteiger partial charge in [0.25, 0.3) is 0 Å². The van der Waals surface area contributed by atoms with Crippen LogP contribution in [0, 0.1) is 0 Å². The van der Waals surface area contributed by atoms with Crippen LogP contribution >= 0.6 is 0 Å². The van der Waals surface area contributed by atoms with E-state index in [1.807, 2.05) is 48.7 Å². The van der Waals surface area contributed by atoms with Gasteiger partial charge < -0.3 is 25.7 Å². The van der Waals surface area contributed by atoms with E-state index >= 15 is 0 Å². The van der Waals surface area contributed by atoms with E-state index in [1.54, 1.807) is 43.5 Å². The molecule has 1 heterocycles. The molecule has 0 aliphatic rings. The molecule has 162 valence electrons. The Morgan fingerprint density at radius 3 is 2.31 bits per heavy atom. The molecule has 0 unspecified atom stereocenters. The molecule has 3 aromatic carbocycles. The smallest absolute Gasteiger partial charge is 0.319 e. The molecule has 0 saturated carbocycles. The molecule has 1 aromatic heterocycles. The Morgan fingerprint density at radius 2 is 1.56 bits per heavy atom. The maximum absolute atomic E-state index is 13.1.